The number of aromatic nitrogens is 3. The van der Waals surface area contributed by atoms with Crippen molar-refractivity contribution in [1.29, 1.82) is 0 Å². The quantitative estimate of drug-likeness (QED) is 0.112. The molecule has 51 heavy (non-hydrogen) atoms. The van der Waals surface area contributed by atoms with E-state index < -0.39 is 11.4 Å². The molecule has 0 saturated carbocycles. The summed E-state index contributed by atoms with van der Waals surface area (Å²) in [5, 5.41) is 15.2. The predicted octanol–water partition coefficient (Wildman–Crippen LogP) is 8.24. The number of hydrogen-bond donors (Lipinski definition) is 3. The summed E-state index contributed by atoms with van der Waals surface area (Å²) in [5.41, 5.74) is 3.94. The highest BCUT2D eigenvalue weighted by Gasteiger charge is 2.27. The zero-order valence-corrected chi connectivity index (χ0v) is 29.0. The number of benzene rings is 4. The standard InChI is InChI=1S/C40H40N6O5/c1-27-14-16-29(17-15-27)46-37(23-35(45-46)40(2,3)26-50-24-28-10-6-5-7-11-28)44-39(48)42-33-18-19-34(32-13-9-8-12-31(32)33)51-30-20-21-41-36(22-30)43-38(47)25-49-4/h5-23H,24-26H2,1-4H3,(H,41,43,47)(H2,42,44,48). The smallest absolute Gasteiger partial charge is 0.324 e. The first-order valence-electron chi connectivity index (χ1n) is 16.5. The minimum atomic E-state index is -0.450. The molecule has 0 aliphatic heterocycles. The normalized spacial score (nSPS) is 11.3. The van der Waals surface area contributed by atoms with Crippen LogP contribution in [0.25, 0.3) is 16.5 Å². The van der Waals surface area contributed by atoms with Gasteiger partial charge in [0, 0.05) is 41.6 Å². The van der Waals surface area contributed by atoms with Gasteiger partial charge in [-0.2, -0.15) is 5.10 Å². The molecule has 0 atom stereocenters. The second kappa shape index (κ2) is 15.7. The van der Waals surface area contributed by atoms with Gasteiger partial charge < -0.3 is 24.8 Å². The van der Waals surface area contributed by atoms with Crippen molar-refractivity contribution in [2.45, 2.75) is 32.8 Å². The Bertz CT molecular complexity index is 2130. The van der Waals surface area contributed by atoms with E-state index in [1.54, 1.807) is 35.1 Å². The zero-order chi connectivity index (χ0) is 35.8. The number of amides is 3. The molecule has 0 aliphatic carbocycles. The Labute approximate surface area is 296 Å². The second-order valence-electron chi connectivity index (χ2n) is 12.7. The summed E-state index contributed by atoms with van der Waals surface area (Å²) < 4.78 is 18.9. The van der Waals surface area contributed by atoms with Crippen LogP contribution in [0.15, 0.2) is 115 Å². The van der Waals surface area contributed by atoms with Crippen LogP contribution in [0.4, 0.5) is 22.1 Å². The molecule has 11 heteroatoms. The van der Waals surface area contributed by atoms with Crippen molar-refractivity contribution in [3.8, 4) is 17.2 Å². The third-order valence-electron chi connectivity index (χ3n) is 8.13. The first kappa shape index (κ1) is 34.8. The molecule has 11 nitrogen and oxygen atoms in total. The van der Waals surface area contributed by atoms with E-state index in [0.717, 1.165) is 33.3 Å². The number of aryl methyl sites for hydroxylation is 1. The number of ether oxygens (including phenoxy) is 3. The zero-order valence-electron chi connectivity index (χ0n) is 29.0. The number of carbonyl (C=O) groups is 2. The number of anilines is 3. The number of methoxy groups -OCH3 is 1. The molecule has 6 rings (SSSR count). The summed E-state index contributed by atoms with van der Waals surface area (Å²) in [7, 11) is 1.45. The third-order valence-corrected chi connectivity index (χ3v) is 8.13. The number of urea groups is 1. The Morgan fingerprint density at radius 1 is 0.824 bits per heavy atom. The van der Waals surface area contributed by atoms with Crippen molar-refractivity contribution in [3.05, 3.63) is 132 Å². The number of fused-ring (bicyclic) bond motifs is 1. The Kier molecular flexibility index (Phi) is 10.7. The van der Waals surface area contributed by atoms with E-state index in [1.165, 1.54) is 7.11 Å². The van der Waals surface area contributed by atoms with Crippen LogP contribution < -0.4 is 20.7 Å². The van der Waals surface area contributed by atoms with Crippen LogP contribution in [-0.4, -0.2) is 47.0 Å². The second-order valence-corrected chi connectivity index (χ2v) is 12.7. The van der Waals surface area contributed by atoms with E-state index in [4.69, 9.17) is 19.3 Å². The maximum Gasteiger partial charge on any atom is 0.324 e. The topological polar surface area (TPSA) is 129 Å². The van der Waals surface area contributed by atoms with Gasteiger partial charge in [-0.25, -0.2) is 14.5 Å². The molecule has 6 aromatic rings. The molecule has 0 aliphatic rings. The molecule has 2 heterocycles. The van der Waals surface area contributed by atoms with Gasteiger partial charge in [0.2, 0.25) is 0 Å². The lowest BCUT2D eigenvalue weighted by molar-refractivity contribution is -0.119. The van der Waals surface area contributed by atoms with E-state index in [2.05, 4.69) is 34.8 Å². The van der Waals surface area contributed by atoms with E-state index in [9.17, 15) is 9.59 Å². The average Bonchev–Trinajstić information content (AvgIpc) is 3.55. The maximum absolute atomic E-state index is 13.6. The Balaban J connectivity index is 1.21. The SMILES string of the molecule is COCC(=O)Nc1cc(Oc2ccc(NC(=O)Nc3cc(C(C)(C)COCc4ccccc4)nn3-c3ccc(C)cc3)c3ccccc23)ccn1. The van der Waals surface area contributed by atoms with Crippen molar-refractivity contribution < 1.29 is 23.8 Å². The highest BCUT2D eigenvalue weighted by Crippen LogP contribution is 2.35. The lowest BCUT2D eigenvalue weighted by Crippen LogP contribution is -2.25. The van der Waals surface area contributed by atoms with Crippen LogP contribution >= 0.6 is 0 Å². The molecule has 260 valence electrons. The molecule has 0 bridgehead atoms. The highest BCUT2D eigenvalue weighted by atomic mass is 16.5. The molecule has 2 aromatic heterocycles. The summed E-state index contributed by atoms with van der Waals surface area (Å²) in [4.78, 5) is 29.8. The van der Waals surface area contributed by atoms with Crippen LogP contribution in [0.2, 0.25) is 0 Å². The number of nitrogens with one attached hydrogen (secondary N) is 3. The Morgan fingerprint density at radius 3 is 2.33 bits per heavy atom. The minimum Gasteiger partial charge on any atom is -0.457 e. The van der Waals surface area contributed by atoms with Gasteiger partial charge in [-0.1, -0.05) is 86.1 Å². The molecule has 4 aromatic carbocycles. The summed E-state index contributed by atoms with van der Waals surface area (Å²) in [6, 6.07) is 34.0. The largest absolute Gasteiger partial charge is 0.457 e. The van der Waals surface area contributed by atoms with Gasteiger partial charge in [-0.15, -0.1) is 0 Å². The van der Waals surface area contributed by atoms with E-state index in [1.807, 2.05) is 91.9 Å². The van der Waals surface area contributed by atoms with Crippen LogP contribution in [0.3, 0.4) is 0 Å². The van der Waals surface area contributed by atoms with Gasteiger partial charge >= 0.3 is 6.03 Å². The number of pyridine rings is 1. The van der Waals surface area contributed by atoms with Gasteiger partial charge in [-0.3, -0.25) is 10.1 Å². The van der Waals surface area contributed by atoms with E-state index in [-0.39, 0.29) is 12.5 Å². The van der Waals surface area contributed by atoms with Gasteiger partial charge in [0.1, 0.15) is 29.7 Å². The van der Waals surface area contributed by atoms with Gasteiger partial charge in [0.05, 0.1) is 30.3 Å². The fraction of sp³-hybridized carbons (Fsp3) is 0.200. The highest BCUT2D eigenvalue weighted by molar-refractivity contribution is 6.07. The fourth-order valence-corrected chi connectivity index (χ4v) is 5.48. The molecule has 3 amide bonds. The number of nitrogens with zero attached hydrogens (tertiary/aromatic N) is 3. The van der Waals surface area contributed by atoms with Crippen molar-refractivity contribution in [2.24, 2.45) is 0 Å². The molecule has 0 saturated heterocycles. The fourth-order valence-electron chi connectivity index (χ4n) is 5.48. The van der Waals surface area contributed by atoms with Gasteiger partial charge in [0.15, 0.2) is 0 Å². The molecule has 0 spiro atoms. The monoisotopic (exact) mass is 684 g/mol. The number of rotatable bonds is 13. The van der Waals surface area contributed by atoms with Crippen LogP contribution in [0.5, 0.6) is 11.5 Å². The Hall–Kier alpha value is -6.04. The molecule has 0 fully saturated rings. The van der Waals surface area contributed by atoms with Crippen molar-refractivity contribution in [3.63, 3.8) is 0 Å². The molecule has 0 radical (unpaired) electrons. The van der Waals surface area contributed by atoms with E-state index >= 15 is 0 Å². The van der Waals surface area contributed by atoms with Crippen molar-refractivity contribution >= 4 is 40.0 Å². The minimum absolute atomic E-state index is 0.0863. The van der Waals surface area contributed by atoms with Gasteiger partial charge in [-0.05, 0) is 42.8 Å². The number of hydrogen-bond acceptors (Lipinski definition) is 7. The molecular formula is C40H40N6O5. The van der Waals surface area contributed by atoms with Gasteiger partial charge in [0.25, 0.3) is 5.91 Å². The lowest BCUT2D eigenvalue weighted by Gasteiger charge is -2.22. The third kappa shape index (κ3) is 8.77. The Morgan fingerprint density at radius 2 is 1.57 bits per heavy atom. The summed E-state index contributed by atoms with van der Waals surface area (Å²) in [5.74, 6) is 1.57. The first-order chi connectivity index (χ1) is 24.7. The first-order valence-corrected chi connectivity index (χ1v) is 16.5. The average molecular weight is 685 g/mol. The summed E-state index contributed by atoms with van der Waals surface area (Å²) >= 11 is 0. The molecule has 3 N–H and O–H groups in total. The van der Waals surface area contributed by atoms with Crippen LogP contribution in [0.1, 0.15) is 30.7 Å². The van der Waals surface area contributed by atoms with Crippen molar-refractivity contribution in [2.75, 3.05) is 36.3 Å². The molecule has 0 unspecified atom stereocenters. The van der Waals surface area contributed by atoms with Crippen LogP contribution in [0, 0.1) is 6.92 Å². The van der Waals surface area contributed by atoms with Crippen LogP contribution in [-0.2, 0) is 26.3 Å². The van der Waals surface area contributed by atoms with Crippen molar-refractivity contribution in [1.82, 2.24) is 14.8 Å². The predicted molar refractivity (Wildman–Crippen MR) is 199 cm³/mol. The summed E-state index contributed by atoms with van der Waals surface area (Å²) in [6.45, 7) is 7.01. The number of carbonyl (C=O) groups excluding carboxylic acids is 2. The molecular weight excluding hydrogens is 644 g/mol. The lowest BCUT2D eigenvalue weighted by atomic mass is 9.90. The summed E-state index contributed by atoms with van der Waals surface area (Å²) in [6.07, 6.45) is 1.55. The maximum atomic E-state index is 13.6. The van der Waals surface area contributed by atoms with E-state index in [0.29, 0.717) is 42.0 Å².